The van der Waals surface area contributed by atoms with Crippen LogP contribution in [0.25, 0.3) is 0 Å². The van der Waals surface area contributed by atoms with Gasteiger partial charge in [-0.05, 0) is 56.0 Å². The third-order valence-corrected chi connectivity index (χ3v) is 7.31. The zero-order valence-corrected chi connectivity index (χ0v) is 17.9. The van der Waals surface area contributed by atoms with E-state index in [9.17, 15) is 18.0 Å². The minimum absolute atomic E-state index is 0.0408. The summed E-state index contributed by atoms with van der Waals surface area (Å²) in [4.78, 5) is 24.3. The highest BCUT2D eigenvalue weighted by Gasteiger charge is 2.29. The second kappa shape index (κ2) is 8.65. The quantitative estimate of drug-likeness (QED) is 0.714. The van der Waals surface area contributed by atoms with Crippen molar-refractivity contribution < 1.29 is 18.0 Å². The zero-order chi connectivity index (χ0) is 21.2. The van der Waals surface area contributed by atoms with E-state index in [4.69, 9.17) is 11.6 Å². The Bertz CT molecular complexity index is 1040. The minimum atomic E-state index is -3.70. The van der Waals surface area contributed by atoms with Crippen LogP contribution in [0.4, 0.5) is 5.69 Å². The van der Waals surface area contributed by atoms with Gasteiger partial charge in [0.05, 0.1) is 15.5 Å². The van der Waals surface area contributed by atoms with Crippen molar-refractivity contribution in [3.63, 3.8) is 0 Å². The van der Waals surface area contributed by atoms with Crippen LogP contribution in [0.15, 0.2) is 47.4 Å². The van der Waals surface area contributed by atoms with Gasteiger partial charge < -0.3 is 5.32 Å². The van der Waals surface area contributed by atoms with Gasteiger partial charge in [-0.25, -0.2) is 8.42 Å². The summed E-state index contributed by atoms with van der Waals surface area (Å²) in [6.45, 7) is 4.47. The Hall–Kier alpha value is -2.22. The zero-order valence-electron chi connectivity index (χ0n) is 16.3. The van der Waals surface area contributed by atoms with Gasteiger partial charge in [-0.15, -0.1) is 0 Å². The topological polar surface area (TPSA) is 83.5 Å². The average molecular weight is 435 g/mol. The molecule has 1 aliphatic heterocycles. The fraction of sp³-hybridized carbons (Fsp3) is 0.333. The van der Waals surface area contributed by atoms with Gasteiger partial charge in [-0.3, -0.25) is 9.59 Å². The molecule has 3 rings (SSSR count). The van der Waals surface area contributed by atoms with Crippen LogP contribution in [0.5, 0.6) is 0 Å². The summed E-state index contributed by atoms with van der Waals surface area (Å²) >= 11 is 6.17. The smallest absolute Gasteiger partial charge is 0.257 e. The second-order valence-electron chi connectivity index (χ2n) is 7.32. The summed E-state index contributed by atoms with van der Waals surface area (Å²) < 4.78 is 27.4. The Morgan fingerprint density at radius 1 is 1.10 bits per heavy atom. The normalized spacial score (nSPS) is 15.8. The lowest BCUT2D eigenvalue weighted by Gasteiger charge is -2.29. The molecule has 6 nitrogen and oxygen atoms in total. The number of Topliss-reactive ketones (excluding diaryl/α,β-unsaturated/α-hetero) is 1. The number of ketones is 1. The van der Waals surface area contributed by atoms with Gasteiger partial charge in [-0.1, -0.05) is 30.7 Å². The molecule has 0 saturated carbocycles. The molecule has 2 aromatic carbocycles. The standard InChI is InChI=1S/C21H23ClN2O4S/c1-14-8-10-24(11-9-14)29(27,28)18-6-7-20(22)19(13-18)21(26)23-17-5-3-4-16(12-17)15(2)25/h3-7,12-14H,8-11H2,1-2H3,(H,23,26). The van der Waals surface area contributed by atoms with E-state index in [-0.39, 0.29) is 21.3 Å². The number of sulfonamides is 1. The molecule has 0 radical (unpaired) electrons. The van der Waals surface area contributed by atoms with E-state index in [2.05, 4.69) is 12.2 Å². The lowest BCUT2D eigenvalue weighted by molar-refractivity contribution is 0.101. The number of carbonyl (C=O) groups excluding carboxylic acids is 2. The number of nitrogens with zero attached hydrogens (tertiary/aromatic N) is 1. The maximum Gasteiger partial charge on any atom is 0.257 e. The molecule has 154 valence electrons. The van der Waals surface area contributed by atoms with E-state index < -0.39 is 15.9 Å². The number of benzene rings is 2. The number of halogens is 1. The van der Waals surface area contributed by atoms with Crippen molar-refractivity contribution in [3.8, 4) is 0 Å². The average Bonchev–Trinajstić information content (AvgIpc) is 2.68. The Kier molecular flexibility index (Phi) is 6.41. The third-order valence-electron chi connectivity index (χ3n) is 5.09. The molecule has 2 aromatic rings. The van der Waals surface area contributed by atoms with Gasteiger partial charge in [0.15, 0.2) is 5.78 Å². The molecule has 0 aliphatic carbocycles. The van der Waals surface area contributed by atoms with Crippen LogP contribution in [0.1, 0.15) is 47.4 Å². The van der Waals surface area contributed by atoms with Crippen LogP contribution in [0, 0.1) is 5.92 Å². The van der Waals surface area contributed by atoms with Crippen molar-refractivity contribution in [2.75, 3.05) is 18.4 Å². The van der Waals surface area contributed by atoms with Crippen molar-refractivity contribution in [1.82, 2.24) is 4.31 Å². The SMILES string of the molecule is CC(=O)c1cccc(NC(=O)c2cc(S(=O)(=O)N3CCC(C)CC3)ccc2Cl)c1. The van der Waals surface area contributed by atoms with Gasteiger partial charge in [0.2, 0.25) is 10.0 Å². The van der Waals surface area contributed by atoms with Crippen LogP contribution in [0.3, 0.4) is 0 Å². The first-order valence-corrected chi connectivity index (χ1v) is 11.2. The van der Waals surface area contributed by atoms with Crippen molar-refractivity contribution in [2.24, 2.45) is 5.92 Å². The first kappa shape index (κ1) is 21.5. The molecule has 1 aliphatic rings. The first-order valence-electron chi connectivity index (χ1n) is 9.40. The third kappa shape index (κ3) is 4.86. The van der Waals surface area contributed by atoms with Crippen LogP contribution in [-0.4, -0.2) is 37.5 Å². The van der Waals surface area contributed by atoms with Gasteiger partial charge in [0.25, 0.3) is 5.91 Å². The highest BCUT2D eigenvalue weighted by Crippen LogP contribution is 2.27. The van der Waals surface area contributed by atoms with Crippen molar-refractivity contribution in [2.45, 2.75) is 31.6 Å². The number of rotatable bonds is 5. The summed E-state index contributed by atoms with van der Waals surface area (Å²) in [5.41, 5.74) is 0.952. The van der Waals surface area contributed by atoms with E-state index in [1.165, 1.54) is 29.4 Å². The maximum atomic E-state index is 13.0. The Morgan fingerprint density at radius 2 is 1.79 bits per heavy atom. The largest absolute Gasteiger partial charge is 0.322 e. The van der Waals surface area contributed by atoms with Crippen LogP contribution >= 0.6 is 11.6 Å². The lowest BCUT2D eigenvalue weighted by Crippen LogP contribution is -2.37. The molecule has 1 fully saturated rings. The number of amides is 1. The molecule has 0 unspecified atom stereocenters. The number of carbonyl (C=O) groups is 2. The van der Waals surface area contributed by atoms with E-state index in [1.54, 1.807) is 24.3 Å². The molecule has 0 spiro atoms. The lowest BCUT2D eigenvalue weighted by atomic mass is 10.0. The predicted molar refractivity (Wildman–Crippen MR) is 113 cm³/mol. The summed E-state index contributed by atoms with van der Waals surface area (Å²) in [6.07, 6.45) is 1.62. The summed E-state index contributed by atoms with van der Waals surface area (Å²) in [5.74, 6) is -0.165. The molecular formula is C21H23ClN2O4S. The van der Waals surface area contributed by atoms with Crippen LogP contribution < -0.4 is 5.32 Å². The van der Waals surface area contributed by atoms with E-state index in [0.29, 0.717) is 30.3 Å². The molecule has 1 N–H and O–H groups in total. The number of nitrogens with one attached hydrogen (secondary N) is 1. The molecule has 0 atom stereocenters. The molecule has 1 heterocycles. The molecule has 0 aromatic heterocycles. The highest BCUT2D eigenvalue weighted by atomic mass is 35.5. The van der Waals surface area contributed by atoms with Crippen LogP contribution in [0.2, 0.25) is 5.02 Å². The molecular weight excluding hydrogens is 412 g/mol. The Balaban J connectivity index is 1.86. The van der Waals surface area contributed by atoms with Crippen molar-refractivity contribution in [1.29, 1.82) is 0 Å². The highest BCUT2D eigenvalue weighted by molar-refractivity contribution is 7.89. The van der Waals surface area contributed by atoms with E-state index in [1.807, 2.05) is 0 Å². The minimum Gasteiger partial charge on any atom is -0.322 e. The maximum absolute atomic E-state index is 13.0. The van der Waals surface area contributed by atoms with Crippen molar-refractivity contribution in [3.05, 3.63) is 58.6 Å². The van der Waals surface area contributed by atoms with Gasteiger partial charge in [0.1, 0.15) is 0 Å². The number of hydrogen-bond donors (Lipinski definition) is 1. The molecule has 1 saturated heterocycles. The number of anilines is 1. The van der Waals surface area contributed by atoms with Gasteiger partial charge in [0, 0.05) is 24.3 Å². The monoisotopic (exact) mass is 434 g/mol. The Morgan fingerprint density at radius 3 is 2.45 bits per heavy atom. The Labute approximate surface area is 175 Å². The molecule has 0 bridgehead atoms. The number of piperidine rings is 1. The summed E-state index contributed by atoms with van der Waals surface area (Å²) in [5, 5.41) is 2.82. The fourth-order valence-corrected chi connectivity index (χ4v) is 4.93. The first-order chi connectivity index (χ1) is 13.7. The van der Waals surface area contributed by atoms with E-state index >= 15 is 0 Å². The predicted octanol–water partition coefficient (Wildman–Crippen LogP) is 4.22. The van der Waals surface area contributed by atoms with Gasteiger partial charge >= 0.3 is 0 Å². The molecule has 29 heavy (non-hydrogen) atoms. The summed E-state index contributed by atoms with van der Waals surface area (Å²) in [6, 6.07) is 10.7. The van der Waals surface area contributed by atoms with E-state index in [0.717, 1.165) is 12.8 Å². The van der Waals surface area contributed by atoms with Crippen LogP contribution in [-0.2, 0) is 10.0 Å². The number of hydrogen-bond acceptors (Lipinski definition) is 4. The fourth-order valence-electron chi connectivity index (χ4n) is 3.23. The van der Waals surface area contributed by atoms with Crippen molar-refractivity contribution >= 4 is 39.0 Å². The summed E-state index contributed by atoms with van der Waals surface area (Å²) in [7, 11) is -3.70. The molecule has 1 amide bonds. The molecule has 8 heteroatoms. The second-order valence-corrected chi connectivity index (χ2v) is 9.66. The van der Waals surface area contributed by atoms with Gasteiger partial charge in [-0.2, -0.15) is 4.31 Å².